The summed E-state index contributed by atoms with van der Waals surface area (Å²) in [5.41, 5.74) is 0. The van der Waals surface area contributed by atoms with Gasteiger partial charge in [0.1, 0.15) is 4.33 Å². The predicted molar refractivity (Wildman–Crippen MR) is 68.7 cm³/mol. The van der Waals surface area contributed by atoms with Crippen LogP contribution in [0.2, 0.25) is 0 Å². The zero-order valence-corrected chi connectivity index (χ0v) is 10.9. The van der Waals surface area contributed by atoms with Crippen LogP contribution in [-0.4, -0.2) is 16.0 Å². The molecule has 0 aromatic rings. The Morgan fingerprint density at radius 2 is 1.53 bits per heavy atom. The van der Waals surface area contributed by atoms with Gasteiger partial charge in [0.2, 0.25) is 0 Å². The van der Waals surface area contributed by atoms with E-state index in [1.165, 1.54) is 25.7 Å². The van der Waals surface area contributed by atoms with Crippen LogP contribution in [-0.2, 0) is 0 Å². The van der Waals surface area contributed by atoms with Gasteiger partial charge in [-0.2, -0.15) is 0 Å². The average molecular weight is 253 g/mol. The molecule has 0 saturated carbocycles. The van der Waals surface area contributed by atoms with Gasteiger partial charge in [0.15, 0.2) is 0 Å². The molecule has 0 spiro atoms. The molecule has 0 aromatic carbocycles. The van der Waals surface area contributed by atoms with Crippen molar-refractivity contribution in [2.75, 3.05) is 6.61 Å². The third-order valence-electron chi connectivity index (χ3n) is 2.43. The molecule has 0 aliphatic carbocycles. The zero-order valence-electron chi connectivity index (χ0n) is 9.35. The molecule has 0 atom stereocenters. The lowest BCUT2D eigenvalue weighted by Crippen LogP contribution is -2.17. The Morgan fingerprint density at radius 3 is 2.07 bits per heavy atom. The molecule has 0 bridgehead atoms. The standard InChI is InChI=1S/C12H22Cl2O/c1-2-3-4-5-6-7-8-9-10-12(13,14)11-15/h2,15H,1,3-11H2. The number of rotatable bonds is 10. The number of aliphatic hydroxyl groups is 1. The van der Waals surface area contributed by atoms with Crippen molar-refractivity contribution in [3.63, 3.8) is 0 Å². The number of unbranched alkanes of at least 4 members (excludes halogenated alkanes) is 6. The van der Waals surface area contributed by atoms with E-state index in [9.17, 15) is 0 Å². The van der Waals surface area contributed by atoms with Crippen molar-refractivity contribution in [3.05, 3.63) is 12.7 Å². The van der Waals surface area contributed by atoms with Crippen LogP contribution in [0.3, 0.4) is 0 Å². The van der Waals surface area contributed by atoms with Gasteiger partial charge in [-0.3, -0.25) is 0 Å². The molecule has 15 heavy (non-hydrogen) atoms. The van der Waals surface area contributed by atoms with Crippen LogP contribution in [0.5, 0.6) is 0 Å². The molecule has 0 aromatic heterocycles. The summed E-state index contributed by atoms with van der Waals surface area (Å²) in [4.78, 5) is 0. The predicted octanol–water partition coefficient (Wildman–Crippen LogP) is 4.46. The van der Waals surface area contributed by atoms with Gasteiger partial charge in [0, 0.05) is 0 Å². The average Bonchev–Trinajstić information content (AvgIpc) is 2.22. The van der Waals surface area contributed by atoms with Crippen LogP contribution in [0.15, 0.2) is 12.7 Å². The van der Waals surface area contributed by atoms with Gasteiger partial charge in [-0.15, -0.1) is 6.58 Å². The second kappa shape index (κ2) is 9.50. The Labute approximate surface area is 103 Å². The summed E-state index contributed by atoms with van der Waals surface area (Å²) < 4.78 is -0.928. The monoisotopic (exact) mass is 252 g/mol. The molecule has 0 unspecified atom stereocenters. The van der Waals surface area contributed by atoms with Gasteiger partial charge in [0.05, 0.1) is 6.61 Å². The molecule has 0 aliphatic rings. The van der Waals surface area contributed by atoms with Crippen LogP contribution in [0, 0.1) is 0 Å². The fourth-order valence-corrected chi connectivity index (χ4v) is 1.73. The molecule has 1 nitrogen and oxygen atoms in total. The van der Waals surface area contributed by atoms with E-state index in [0.717, 1.165) is 19.3 Å². The van der Waals surface area contributed by atoms with Gasteiger partial charge in [-0.05, 0) is 19.3 Å². The van der Waals surface area contributed by atoms with Gasteiger partial charge >= 0.3 is 0 Å². The summed E-state index contributed by atoms with van der Waals surface area (Å²) in [6.07, 6.45) is 10.9. The van der Waals surface area contributed by atoms with E-state index in [1.807, 2.05) is 6.08 Å². The molecule has 90 valence electrons. The zero-order chi connectivity index (χ0) is 11.6. The highest BCUT2D eigenvalue weighted by Crippen LogP contribution is 2.27. The molecule has 0 radical (unpaired) electrons. The Balaban J connectivity index is 3.14. The maximum atomic E-state index is 8.82. The molecule has 0 aliphatic heterocycles. The third kappa shape index (κ3) is 10.6. The number of allylic oxidation sites excluding steroid dienone is 1. The minimum absolute atomic E-state index is 0.157. The van der Waals surface area contributed by atoms with Crippen molar-refractivity contribution >= 4 is 23.2 Å². The molecule has 3 heteroatoms. The second-order valence-electron chi connectivity index (χ2n) is 3.96. The smallest absolute Gasteiger partial charge is 0.141 e. The lowest BCUT2D eigenvalue weighted by molar-refractivity contribution is 0.271. The molecule has 0 saturated heterocycles. The first-order valence-electron chi connectivity index (χ1n) is 5.72. The van der Waals surface area contributed by atoms with Crippen molar-refractivity contribution in [2.24, 2.45) is 0 Å². The van der Waals surface area contributed by atoms with Crippen LogP contribution in [0.4, 0.5) is 0 Å². The van der Waals surface area contributed by atoms with E-state index in [4.69, 9.17) is 28.3 Å². The largest absolute Gasteiger partial charge is 0.393 e. The van der Waals surface area contributed by atoms with Crippen LogP contribution in [0.25, 0.3) is 0 Å². The number of hydrogen-bond acceptors (Lipinski definition) is 1. The third-order valence-corrected chi connectivity index (χ3v) is 3.05. The molecular formula is C12H22Cl2O. The van der Waals surface area contributed by atoms with Gasteiger partial charge < -0.3 is 5.11 Å². The number of alkyl halides is 2. The topological polar surface area (TPSA) is 20.2 Å². The van der Waals surface area contributed by atoms with Crippen molar-refractivity contribution in [1.29, 1.82) is 0 Å². The molecule has 0 amide bonds. The van der Waals surface area contributed by atoms with E-state index in [0.29, 0.717) is 6.42 Å². The summed E-state index contributed by atoms with van der Waals surface area (Å²) in [6, 6.07) is 0. The van der Waals surface area contributed by atoms with Crippen molar-refractivity contribution in [3.8, 4) is 0 Å². The van der Waals surface area contributed by atoms with Crippen LogP contribution >= 0.6 is 23.2 Å². The normalized spacial score (nSPS) is 11.7. The van der Waals surface area contributed by atoms with Crippen molar-refractivity contribution in [2.45, 2.75) is 55.7 Å². The SMILES string of the molecule is C=CCCCCCCCCC(Cl)(Cl)CO. The van der Waals surface area contributed by atoms with E-state index in [2.05, 4.69) is 6.58 Å². The lowest BCUT2D eigenvalue weighted by Gasteiger charge is -2.15. The maximum absolute atomic E-state index is 8.82. The van der Waals surface area contributed by atoms with Gasteiger partial charge in [-0.25, -0.2) is 0 Å². The van der Waals surface area contributed by atoms with Crippen LogP contribution < -0.4 is 0 Å². The summed E-state index contributed by atoms with van der Waals surface area (Å²) in [6.45, 7) is 3.53. The molecule has 0 fully saturated rings. The van der Waals surface area contributed by atoms with E-state index >= 15 is 0 Å². The highest BCUT2D eigenvalue weighted by Gasteiger charge is 2.21. The fourth-order valence-electron chi connectivity index (χ4n) is 1.46. The highest BCUT2D eigenvalue weighted by atomic mass is 35.5. The Hall–Kier alpha value is 0.280. The summed E-state index contributed by atoms with van der Waals surface area (Å²) in [5.74, 6) is 0. The first-order valence-corrected chi connectivity index (χ1v) is 6.47. The Kier molecular flexibility index (Phi) is 9.68. The van der Waals surface area contributed by atoms with Crippen molar-refractivity contribution in [1.82, 2.24) is 0 Å². The minimum atomic E-state index is -0.928. The number of halogens is 2. The molecule has 0 heterocycles. The van der Waals surface area contributed by atoms with Gasteiger partial charge in [-0.1, -0.05) is 61.4 Å². The Bertz CT molecular complexity index is 158. The lowest BCUT2D eigenvalue weighted by atomic mass is 10.1. The number of hydrogen-bond donors (Lipinski definition) is 1. The van der Waals surface area contributed by atoms with E-state index in [1.54, 1.807) is 0 Å². The molecule has 1 N–H and O–H groups in total. The van der Waals surface area contributed by atoms with E-state index < -0.39 is 4.33 Å². The summed E-state index contributed by atoms with van der Waals surface area (Å²) >= 11 is 11.6. The van der Waals surface area contributed by atoms with Gasteiger partial charge in [0.25, 0.3) is 0 Å². The first-order chi connectivity index (χ1) is 7.12. The summed E-state index contributed by atoms with van der Waals surface area (Å²) in [5, 5.41) is 8.82. The number of aliphatic hydroxyl groups excluding tert-OH is 1. The fraction of sp³-hybridized carbons (Fsp3) is 0.833. The second-order valence-corrected chi connectivity index (χ2v) is 5.60. The quantitative estimate of drug-likeness (QED) is 0.346. The highest BCUT2D eigenvalue weighted by molar-refractivity contribution is 6.48. The van der Waals surface area contributed by atoms with Crippen LogP contribution in [0.1, 0.15) is 51.4 Å². The minimum Gasteiger partial charge on any atom is -0.393 e. The Morgan fingerprint density at radius 1 is 1.00 bits per heavy atom. The maximum Gasteiger partial charge on any atom is 0.141 e. The first kappa shape index (κ1) is 15.3. The molecular weight excluding hydrogens is 231 g/mol. The summed E-state index contributed by atoms with van der Waals surface area (Å²) in [7, 11) is 0. The van der Waals surface area contributed by atoms with E-state index in [-0.39, 0.29) is 6.61 Å². The molecule has 0 rings (SSSR count). The van der Waals surface area contributed by atoms with Crippen molar-refractivity contribution < 1.29 is 5.11 Å².